The van der Waals surface area contributed by atoms with Gasteiger partial charge in [0.2, 0.25) is 5.75 Å². The van der Waals surface area contributed by atoms with Crippen LogP contribution in [0.2, 0.25) is 0 Å². The van der Waals surface area contributed by atoms with Crippen molar-refractivity contribution < 1.29 is 43.7 Å². The lowest BCUT2D eigenvalue weighted by Gasteiger charge is -2.09. The third kappa shape index (κ3) is 13.3. The number of nitro benzene ring substituents is 1. The Morgan fingerprint density at radius 3 is 1.49 bits per heavy atom. The fourth-order valence-electron chi connectivity index (χ4n) is 5.65. The number of phenols is 2. The van der Waals surface area contributed by atoms with Crippen molar-refractivity contribution >= 4 is 41.4 Å². The van der Waals surface area contributed by atoms with Gasteiger partial charge in [-0.15, -0.1) is 0 Å². The molecule has 0 aliphatic rings. The smallest absolute Gasteiger partial charge is 0.343 e. The minimum atomic E-state index is -0.887. The molecule has 0 atom stereocenters. The van der Waals surface area contributed by atoms with Crippen LogP contribution in [0, 0.1) is 10.1 Å². The van der Waals surface area contributed by atoms with Crippen molar-refractivity contribution in [2.24, 2.45) is 9.98 Å². The second kappa shape index (κ2) is 22.1. The van der Waals surface area contributed by atoms with E-state index in [0.29, 0.717) is 47.2 Å². The number of esters is 2. The van der Waals surface area contributed by atoms with Gasteiger partial charge in [0.05, 0.1) is 40.6 Å². The first-order valence-electron chi connectivity index (χ1n) is 19.6. The number of hydrogen-bond donors (Lipinski definition) is 2. The van der Waals surface area contributed by atoms with Crippen molar-refractivity contribution in [3.8, 4) is 34.5 Å². The molecule has 13 heteroatoms. The number of nitrogens with zero attached hydrogens (tertiary/aromatic N) is 3. The van der Waals surface area contributed by atoms with Gasteiger partial charge in [-0.1, -0.05) is 52.4 Å². The van der Waals surface area contributed by atoms with E-state index in [-0.39, 0.29) is 28.4 Å². The predicted octanol–water partition coefficient (Wildman–Crippen LogP) is 10.9. The van der Waals surface area contributed by atoms with Gasteiger partial charge in [-0.3, -0.25) is 20.1 Å². The topological polar surface area (TPSA) is 179 Å². The molecule has 0 bridgehead atoms. The molecule has 59 heavy (non-hydrogen) atoms. The van der Waals surface area contributed by atoms with E-state index in [0.717, 1.165) is 63.5 Å². The number of aliphatic imine (C=N–C) groups is 2. The summed E-state index contributed by atoms with van der Waals surface area (Å²) in [6.45, 7) is 5.44. The number of carbonyl (C=O) groups is 2. The largest absolute Gasteiger partial charge is 0.507 e. The van der Waals surface area contributed by atoms with Gasteiger partial charge >= 0.3 is 17.6 Å². The van der Waals surface area contributed by atoms with Crippen LogP contribution in [0.4, 0.5) is 17.1 Å². The van der Waals surface area contributed by atoms with E-state index in [1.165, 1.54) is 48.8 Å². The molecule has 0 unspecified atom stereocenters. The first kappa shape index (κ1) is 43.1. The maximum Gasteiger partial charge on any atom is 0.343 e. The molecule has 0 aliphatic heterocycles. The van der Waals surface area contributed by atoms with Crippen molar-refractivity contribution in [3.05, 3.63) is 135 Å². The molecule has 0 saturated carbocycles. The van der Waals surface area contributed by atoms with E-state index in [4.69, 9.17) is 18.9 Å². The van der Waals surface area contributed by atoms with Crippen LogP contribution in [-0.4, -0.2) is 52.7 Å². The molecule has 0 fully saturated rings. The Hall–Kier alpha value is -7.02. The fourth-order valence-corrected chi connectivity index (χ4v) is 5.65. The van der Waals surface area contributed by atoms with Gasteiger partial charge < -0.3 is 29.2 Å². The van der Waals surface area contributed by atoms with Gasteiger partial charge in [-0.25, -0.2) is 9.59 Å². The predicted molar refractivity (Wildman–Crippen MR) is 226 cm³/mol. The third-order valence-corrected chi connectivity index (χ3v) is 8.99. The molecule has 306 valence electrons. The van der Waals surface area contributed by atoms with Crippen LogP contribution in [0.5, 0.6) is 34.5 Å². The second-order valence-electron chi connectivity index (χ2n) is 13.5. The van der Waals surface area contributed by atoms with Crippen molar-refractivity contribution in [1.82, 2.24) is 0 Å². The number of nitro groups is 1. The summed E-state index contributed by atoms with van der Waals surface area (Å²) in [4.78, 5) is 45.8. The molecule has 0 spiro atoms. The minimum absolute atomic E-state index is 0.00704. The maximum atomic E-state index is 13.0. The summed E-state index contributed by atoms with van der Waals surface area (Å²) < 4.78 is 22.3. The summed E-state index contributed by atoms with van der Waals surface area (Å²) in [7, 11) is 0. The number of phenolic OH excluding ortho intramolecular Hbond substituents is 2. The summed E-state index contributed by atoms with van der Waals surface area (Å²) in [5.74, 6) is -0.993. The molecule has 0 aliphatic carbocycles. The standard InChI is InChI=1S/C46H47N3O10/c1-3-5-7-9-25-56-38-21-15-34(42(50)27-38)30-47-36-17-11-32(12-18-36)45(52)58-40-23-24-41(49(54)55)44(29-40)59-46(53)33-13-19-37(20-14-33)48-31-35-16-22-39(28-43(35)51)57-26-10-8-6-4-2/h11-24,27-31,50-51H,3-10,25-26H2,1-2H3. The number of unbranched alkanes of at least 4 members (excludes halogenated alkanes) is 6. The van der Waals surface area contributed by atoms with Crippen molar-refractivity contribution in [2.45, 2.75) is 65.2 Å². The quantitative estimate of drug-likeness (QED) is 0.0181. The Morgan fingerprint density at radius 2 is 1.05 bits per heavy atom. The highest BCUT2D eigenvalue weighted by Crippen LogP contribution is 2.33. The fraction of sp³-hybridized carbons (Fsp3) is 0.261. The minimum Gasteiger partial charge on any atom is -0.507 e. The molecule has 0 saturated heterocycles. The Bertz CT molecular complexity index is 2250. The molecular weight excluding hydrogens is 755 g/mol. The van der Waals surface area contributed by atoms with Gasteiger partial charge in [0.1, 0.15) is 28.7 Å². The summed E-state index contributed by atoms with van der Waals surface area (Å²) in [6.07, 6.45) is 11.6. The number of carbonyl (C=O) groups excluding carboxylic acids is 2. The average Bonchev–Trinajstić information content (AvgIpc) is 3.23. The average molecular weight is 802 g/mol. The zero-order valence-corrected chi connectivity index (χ0v) is 33.0. The Labute approximate surface area is 342 Å². The molecule has 0 aromatic heterocycles. The molecule has 0 heterocycles. The summed E-state index contributed by atoms with van der Waals surface area (Å²) in [6, 6.07) is 25.5. The van der Waals surface area contributed by atoms with Crippen LogP contribution < -0.4 is 18.9 Å². The molecule has 0 amide bonds. The summed E-state index contributed by atoms with van der Waals surface area (Å²) in [5.41, 5.74) is 1.68. The highest BCUT2D eigenvalue weighted by Gasteiger charge is 2.21. The zero-order valence-electron chi connectivity index (χ0n) is 33.0. The molecule has 0 radical (unpaired) electrons. The zero-order chi connectivity index (χ0) is 42.0. The first-order chi connectivity index (χ1) is 28.6. The lowest BCUT2D eigenvalue weighted by molar-refractivity contribution is -0.385. The molecule has 5 aromatic rings. The highest BCUT2D eigenvalue weighted by molar-refractivity contribution is 5.93. The lowest BCUT2D eigenvalue weighted by atomic mass is 10.2. The van der Waals surface area contributed by atoms with Crippen molar-refractivity contribution in [3.63, 3.8) is 0 Å². The van der Waals surface area contributed by atoms with Gasteiger partial charge in [-0.2, -0.15) is 0 Å². The summed E-state index contributed by atoms with van der Waals surface area (Å²) in [5, 5.41) is 32.6. The van der Waals surface area contributed by atoms with Crippen LogP contribution in [0.3, 0.4) is 0 Å². The van der Waals surface area contributed by atoms with Crippen LogP contribution in [-0.2, 0) is 0 Å². The molecule has 5 aromatic carbocycles. The van der Waals surface area contributed by atoms with Crippen molar-refractivity contribution in [1.29, 1.82) is 0 Å². The SMILES string of the molecule is CCCCCCOc1ccc(C=Nc2ccc(C(=O)Oc3ccc([N+](=O)[O-])c(OC(=O)c4ccc(N=Cc5ccc(OCCCCCC)cc5O)cc4)c3)cc2)c(O)c1. The second-order valence-corrected chi connectivity index (χ2v) is 13.5. The lowest BCUT2D eigenvalue weighted by Crippen LogP contribution is -2.11. The van der Waals surface area contributed by atoms with Gasteiger partial charge in [-0.05, 0) is 91.7 Å². The van der Waals surface area contributed by atoms with E-state index in [2.05, 4.69) is 23.8 Å². The van der Waals surface area contributed by atoms with Crippen LogP contribution in [0.25, 0.3) is 0 Å². The number of hydrogen-bond acceptors (Lipinski definition) is 12. The van der Waals surface area contributed by atoms with E-state index in [1.807, 2.05) is 0 Å². The van der Waals surface area contributed by atoms with Crippen LogP contribution in [0.15, 0.2) is 113 Å². The summed E-state index contributed by atoms with van der Waals surface area (Å²) >= 11 is 0. The maximum absolute atomic E-state index is 13.0. The third-order valence-electron chi connectivity index (χ3n) is 8.99. The van der Waals surface area contributed by atoms with Crippen molar-refractivity contribution in [2.75, 3.05) is 13.2 Å². The Balaban J connectivity index is 1.16. The number of ether oxygens (including phenoxy) is 4. The van der Waals surface area contributed by atoms with E-state index in [1.54, 1.807) is 54.6 Å². The van der Waals surface area contributed by atoms with E-state index in [9.17, 15) is 29.9 Å². The highest BCUT2D eigenvalue weighted by atomic mass is 16.6. The molecule has 2 N–H and O–H groups in total. The molecular formula is C46H47N3O10. The molecule has 5 rings (SSSR count). The number of aromatic hydroxyl groups is 2. The van der Waals surface area contributed by atoms with Gasteiger partial charge in [0.15, 0.2) is 0 Å². The monoisotopic (exact) mass is 801 g/mol. The van der Waals surface area contributed by atoms with Gasteiger partial charge in [0.25, 0.3) is 0 Å². The van der Waals surface area contributed by atoms with Crippen LogP contribution in [0.1, 0.15) is 97.1 Å². The van der Waals surface area contributed by atoms with Gasteiger partial charge in [0, 0.05) is 47.8 Å². The molecule has 13 nitrogen and oxygen atoms in total. The van der Waals surface area contributed by atoms with E-state index >= 15 is 0 Å². The first-order valence-corrected chi connectivity index (χ1v) is 19.6. The van der Waals surface area contributed by atoms with Crippen LogP contribution >= 0.6 is 0 Å². The Morgan fingerprint density at radius 1 is 0.593 bits per heavy atom. The normalized spacial score (nSPS) is 11.2. The van der Waals surface area contributed by atoms with E-state index < -0.39 is 28.3 Å². The Kier molecular flexibility index (Phi) is 16.1. The number of rotatable bonds is 21. The number of benzene rings is 5.